The maximum absolute atomic E-state index is 9.40. The van der Waals surface area contributed by atoms with Crippen LogP contribution < -0.4 is 0 Å². The molecule has 1 aromatic rings. The topological polar surface area (TPSA) is 40.5 Å². The van der Waals surface area contributed by atoms with Gasteiger partial charge in [-0.15, -0.1) is 0 Å². The van der Waals surface area contributed by atoms with E-state index in [1.807, 2.05) is 0 Å². The lowest BCUT2D eigenvalue weighted by molar-refractivity contribution is 0.120. The van der Waals surface area contributed by atoms with E-state index in [0.717, 1.165) is 6.42 Å². The largest absolute Gasteiger partial charge is 0.396 e. The van der Waals surface area contributed by atoms with Crippen LogP contribution in [0.4, 0.5) is 0 Å². The highest BCUT2D eigenvalue weighted by atomic mass is 16.3. The number of hydrogen-bond donors (Lipinski definition) is 2. The predicted molar refractivity (Wildman–Crippen MR) is 57.7 cm³/mol. The first kappa shape index (κ1) is 9.37. The molecule has 0 aliphatic heterocycles. The third kappa shape index (κ3) is 1.12. The second kappa shape index (κ2) is 3.32. The third-order valence-corrected chi connectivity index (χ3v) is 4.31. The molecule has 0 saturated heterocycles. The molecule has 2 nitrogen and oxygen atoms in total. The summed E-state index contributed by atoms with van der Waals surface area (Å²) in [5.41, 5.74) is 2.82. The molecule has 0 radical (unpaired) electrons. The highest BCUT2D eigenvalue weighted by Crippen LogP contribution is 2.58. The first-order valence-corrected chi connectivity index (χ1v) is 5.67. The molecule has 1 aromatic carbocycles. The molecule has 0 aromatic heterocycles. The van der Waals surface area contributed by atoms with E-state index in [-0.39, 0.29) is 25.0 Å². The first-order valence-electron chi connectivity index (χ1n) is 5.67. The van der Waals surface area contributed by atoms with Crippen LogP contribution >= 0.6 is 0 Å². The zero-order valence-corrected chi connectivity index (χ0v) is 8.63. The predicted octanol–water partition coefficient (Wildman–Crippen LogP) is 1.49. The fourth-order valence-corrected chi connectivity index (χ4v) is 3.65. The molecule has 2 aliphatic carbocycles. The summed E-state index contributed by atoms with van der Waals surface area (Å²) in [7, 11) is 0. The monoisotopic (exact) mass is 204 g/mol. The van der Waals surface area contributed by atoms with Crippen LogP contribution in [0.15, 0.2) is 24.3 Å². The molecule has 2 aliphatic rings. The van der Waals surface area contributed by atoms with Gasteiger partial charge in [-0.1, -0.05) is 24.3 Å². The number of rotatable bonds is 2. The van der Waals surface area contributed by atoms with Crippen molar-refractivity contribution in [2.75, 3.05) is 13.2 Å². The molecular formula is C13H16O2. The maximum atomic E-state index is 9.40. The van der Waals surface area contributed by atoms with Crippen molar-refractivity contribution >= 4 is 0 Å². The van der Waals surface area contributed by atoms with Gasteiger partial charge < -0.3 is 10.2 Å². The van der Waals surface area contributed by atoms with Crippen LogP contribution in [0.3, 0.4) is 0 Å². The second-order valence-electron chi connectivity index (χ2n) is 4.77. The minimum atomic E-state index is 0.209. The van der Waals surface area contributed by atoms with E-state index in [9.17, 15) is 10.2 Å². The molecule has 1 fully saturated rings. The zero-order valence-electron chi connectivity index (χ0n) is 8.63. The second-order valence-corrected chi connectivity index (χ2v) is 4.77. The van der Waals surface area contributed by atoms with Gasteiger partial charge in [-0.3, -0.25) is 0 Å². The van der Waals surface area contributed by atoms with E-state index in [1.165, 1.54) is 11.1 Å². The van der Waals surface area contributed by atoms with Crippen molar-refractivity contribution in [3.05, 3.63) is 35.4 Å². The van der Waals surface area contributed by atoms with Crippen LogP contribution in [0.2, 0.25) is 0 Å². The summed E-state index contributed by atoms with van der Waals surface area (Å²) in [5, 5.41) is 18.8. The fraction of sp³-hybridized carbons (Fsp3) is 0.538. The third-order valence-electron chi connectivity index (χ3n) is 4.31. The Morgan fingerprint density at radius 1 is 0.933 bits per heavy atom. The molecule has 0 amide bonds. The van der Waals surface area contributed by atoms with Gasteiger partial charge in [0.25, 0.3) is 0 Å². The Morgan fingerprint density at radius 2 is 1.40 bits per heavy atom. The van der Waals surface area contributed by atoms with Gasteiger partial charge in [0, 0.05) is 13.2 Å². The van der Waals surface area contributed by atoms with Crippen molar-refractivity contribution in [1.29, 1.82) is 0 Å². The molecule has 1 saturated carbocycles. The molecule has 0 unspecified atom stereocenters. The molecule has 2 bridgehead atoms. The Balaban J connectivity index is 2.05. The van der Waals surface area contributed by atoms with Gasteiger partial charge in [-0.25, -0.2) is 0 Å². The van der Waals surface area contributed by atoms with Crippen molar-refractivity contribution in [1.82, 2.24) is 0 Å². The Morgan fingerprint density at radius 3 is 1.80 bits per heavy atom. The number of aliphatic hydroxyl groups is 2. The van der Waals surface area contributed by atoms with E-state index in [2.05, 4.69) is 24.3 Å². The number of hydrogen-bond acceptors (Lipinski definition) is 2. The number of benzene rings is 1. The molecule has 4 atom stereocenters. The molecule has 2 N–H and O–H groups in total. The lowest BCUT2D eigenvalue weighted by Gasteiger charge is -2.30. The highest BCUT2D eigenvalue weighted by molar-refractivity contribution is 5.43. The van der Waals surface area contributed by atoms with Gasteiger partial charge in [0.1, 0.15) is 0 Å². The van der Waals surface area contributed by atoms with E-state index >= 15 is 0 Å². The zero-order chi connectivity index (χ0) is 10.4. The van der Waals surface area contributed by atoms with E-state index in [4.69, 9.17) is 0 Å². The quantitative estimate of drug-likeness (QED) is 0.766. The molecule has 3 rings (SSSR count). The van der Waals surface area contributed by atoms with Gasteiger partial charge >= 0.3 is 0 Å². The summed E-state index contributed by atoms with van der Waals surface area (Å²) in [6.45, 7) is 0.418. The van der Waals surface area contributed by atoms with Crippen LogP contribution in [0.25, 0.3) is 0 Å². The van der Waals surface area contributed by atoms with Gasteiger partial charge in [0.2, 0.25) is 0 Å². The maximum Gasteiger partial charge on any atom is 0.0468 e. The molecular weight excluding hydrogens is 188 g/mol. The fourth-order valence-electron chi connectivity index (χ4n) is 3.65. The average molecular weight is 204 g/mol. The molecule has 2 heteroatoms. The van der Waals surface area contributed by atoms with Crippen molar-refractivity contribution in [2.45, 2.75) is 18.3 Å². The molecule has 80 valence electrons. The van der Waals surface area contributed by atoms with Gasteiger partial charge in [-0.2, -0.15) is 0 Å². The van der Waals surface area contributed by atoms with Crippen LogP contribution in [-0.2, 0) is 0 Å². The van der Waals surface area contributed by atoms with Crippen molar-refractivity contribution < 1.29 is 10.2 Å². The molecule has 0 spiro atoms. The van der Waals surface area contributed by atoms with Gasteiger partial charge in [0.05, 0.1) is 0 Å². The number of fused-ring (bicyclic) bond motifs is 5. The van der Waals surface area contributed by atoms with Crippen LogP contribution in [0, 0.1) is 11.8 Å². The molecule has 15 heavy (non-hydrogen) atoms. The smallest absolute Gasteiger partial charge is 0.0468 e. The Labute approximate surface area is 89.6 Å². The summed E-state index contributed by atoms with van der Waals surface area (Å²) in [6.07, 6.45) is 1.12. The standard InChI is InChI=1S/C13H16O2/c14-6-12-10-5-11(13(12)7-15)9-4-2-1-3-8(9)10/h1-4,10-15H,5-7H2/t10-,11-,12-,13+/m1/s1. The minimum absolute atomic E-state index is 0.209. The van der Waals surface area contributed by atoms with Crippen LogP contribution in [-0.4, -0.2) is 23.4 Å². The van der Waals surface area contributed by atoms with Crippen LogP contribution in [0.5, 0.6) is 0 Å². The normalized spacial score (nSPS) is 36.9. The first-order chi connectivity index (χ1) is 7.36. The van der Waals surface area contributed by atoms with Crippen molar-refractivity contribution in [2.24, 2.45) is 11.8 Å². The average Bonchev–Trinajstić information content (AvgIpc) is 2.84. The number of aliphatic hydroxyl groups excluding tert-OH is 2. The van der Waals surface area contributed by atoms with Crippen molar-refractivity contribution in [3.8, 4) is 0 Å². The van der Waals surface area contributed by atoms with Crippen LogP contribution in [0.1, 0.15) is 29.4 Å². The lowest BCUT2D eigenvalue weighted by atomic mass is 9.76. The minimum Gasteiger partial charge on any atom is -0.396 e. The summed E-state index contributed by atoms with van der Waals surface area (Å²) in [6, 6.07) is 8.50. The lowest BCUT2D eigenvalue weighted by Crippen LogP contribution is -2.27. The van der Waals surface area contributed by atoms with Gasteiger partial charge in [0.15, 0.2) is 0 Å². The summed E-state index contributed by atoms with van der Waals surface area (Å²) >= 11 is 0. The summed E-state index contributed by atoms with van der Waals surface area (Å²) in [5.74, 6) is 1.51. The van der Waals surface area contributed by atoms with E-state index < -0.39 is 0 Å². The van der Waals surface area contributed by atoms with Gasteiger partial charge in [-0.05, 0) is 41.2 Å². The highest BCUT2D eigenvalue weighted by Gasteiger charge is 2.49. The van der Waals surface area contributed by atoms with Crippen molar-refractivity contribution in [3.63, 3.8) is 0 Å². The summed E-state index contributed by atoms with van der Waals surface area (Å²) in [4.78, 5) is 0. The molecule has 0 heterocycles. The van der Waals surface area contributed by atoms with E-state index in [0.29, 0.717) is 11.8 Å². The Kier molecular flexibility index (Phi) is 2.08. The Bertz CT molecular complexity index is 340. The summed E-state index contributed by atoms with van der Waals surface area (Å²) < 4.78 is 0. The SMILES string of the molecule is OC[C@@H]1[C@H](CO)[C@@H]2C[C@@H]1c1ccccc12. The van der Waals surface area contributed by atoms with E-state index in [1.54, 1.807) is 0 Å². The Hall–Kier alpha value is -0.860.